The highest BCUT2D eigenvalue weighted by atomic mass is 16.4. The molecule has 19 heavy (non-hydrogen) atoms. The van der Waals surface area contributed by atoms with Gasteiger partial charge in [-0.1, -0.05) is 0 Å². The lowest BCUT2D eigenvalue weighted by atomic mass is 10.2. The summed E-state index contributed by atoms with van der Waals surface area (Å²) in [5, 5.41) is 12.3. The standard InChI is InChI=1S/C11H20N4O4/c1-14-5-7-15(8-6-14)13-11(19)12-9(16)3-2-4-10(17)18/h2-8H2,1H3,(H,17,18)(H2,12,13,16,19). The number of carbonyl (C=O) groups excluding carboxylic acids is 2. The lowest BCUT2D eigenvalue weighted by molar-refractivity contribution is -0.137. The summed E-state index contributed by atoms with van der Waals surface area (Å²) in [4.78, 5) is 35.2. The van der Waals surface area contributed by atoms with Crippen LogP contribution in [0.5, 0.6) is 0 Å². The Morgan fingerprint density at radius 3 is 2.32 bits per heavy atom. The summed E-state index contributed by atoms with van der Waals surface area (Å²) in [6.45, 7) is 3.12. The quantitative estimate of drug-likeness (QED) is 0.607. The maximum atomic E-state index is 11.5. The first-order chi connectivity index (χ1) is 8.97. The van der Waals surface area contributed by atoms with Gasteiger partial charge in [0, 0.05) is 39.0 Å². The number of aliphatic carboxylic acids is 1. The molecule has 0 saturated carbocycles. The summed E-state index contributed by atoms with van der Waals surface area (Å²) >= 11 is 0. The predicted octanol–water partition coefficient (Wildman–Crippen LogP) is -0.770. The Balaban J connectivity index is 2.16. The van der Waals surface area contributed by atoms with E-state index < -0.39 is 17.9 Å². The van der Waals surface area contributed by atoms with Gasteiger partial charge in [0.25, 0.3) is 0 Å². The van der Waals surface area contributed by atoms with Crippen LogP contribution in [0, 0.1) is 0 Å². The number of nitrogens with zero attached hydrogens (tertiary/aromatic N) is 2. The van der Waals surface area contributed by atoms with Gasteiger partial charge in [-0.3, -0.25) is 20.3 Å². The van der Waals surface area contributed by atoms with Gasteiger partial charge in [0.05, 0.1) is 0 Å². The molecule has 1 aliphatic rings. The molecule has 1 aliphatic heterocycles. The zero-order chi connectivity index (χ0) is 14.3. The van der Waals surface area contributed by atoms with Crippen molar-refractivity contribution in [3.8, 4) is 0 Å². The Kier molecular flexibility index (Phi) is 6.23. The van der Waals surface area contributed by atoms with Crippen LogP contribution in [0.15, 0.2) is 0 Å². The number of amides is 3. The molecule has 3 amide bonds. The predicted molar refractivity (Wildman–Crippen MR) is 67.2 cm³/mol. The van der Waals surface area contributed by atoms with E-state index >= 15 is 0 Å². The van der Waals surface area contributed by atoms with Crippen LogP contribution in [-0.4, -0.2) is 66.1 Å². The highest BCUT2D eigenvalue weighted by Crippen LogP contribution is 1.96. The van der Waals surface area contributed by atoms with Crippen LogP contribution in [0.4, 0.5) is 4.79 Å². The van der Waals surface area contributed by atoms with Crippen molar-refractivity contribution in [1.82, 2.24) is 20.7 Å². The average Bonchev–Trinajstić information content (AvgIpc) is 2.31. The summed E-state index contributed by atoms with van der Waals surface area (Å²) in [5.74, 6) is -1.41. The van der Waals surface area contributed by atoms with Gasteiger partial charge in [0.15, 0.2) is 0 Å². The Morgan fingerprint density at radius 1 is 1.11 bits per heavy atom. The number of urea groups is 1. The zero-order valence-corrected chi connectivity index (χ0v) is 11.0. The van der Waals surface area contributed by atoms with Crippen molar-refractivity contribution >= 4 is 17.9 Å². The Labute approximate surface area is 111 Å². The second-order valence-corrected chi connectivity index (χ2v) is 4.53. The van der Waals surface area contributed by atoms with Crippen molar-refractivity contribution in [2.75, 3.05) is 33.2 Å². The summed E-state index contributed by atoms with van der Waals surface area (Å²) in [7, 11) is 2.00. The van der Waals surface area contributed by atoms with Crippen molar-refractivity contribution in [1.29, 1.82) is 0 Å². The first-order valence-electron chi connectivity index (χ1n) is 6.23. The van der Waals surface area contributed by atoms with Crippen LogP contribution in [0.2, 0.25) is 0 Å². The second kappa shape index (κ2) is 7.70. The Hall–Kier alpha value is -1.67. The topological polar surface area (TPSA) is 102 Å². The molecule has 0 aromatic carbocycles. The van der Waals surface area contributed by atoms with Gasteiger partial charge in [-0.05, 0) is 13.5 Å². The lowest BCUT2D eigenvalue weighted by Crippen LogP contribution is -2.55. The third-order valence-corrected chi connectivity index (χ3v) is 2.81. The minimum absolute atomic E-state index is 0.0302. The maximum Gasteiger partial charge on any atom is 0.335 e. The van der Waals surface area contributed by atoms with E-state index in [0.717, 1.165) is 13.1 Å². The SMILES string of the molecule is CN1CCN(NC(=O)NC(=O)CCCC(=O)O)CC1. The fourth-order valence-electron chi connectivity index (χ4n) is 1.68. The van der Waals surface area contributed by atoms with Crippen LogP contribution in [-0.2, 0) is 9.59 Å². The van der Waals surface area contributed by atoms with Gasteiger partial charge >= 0.3 is 12.0 Å². The van der Waals surface area contributed by atoms with E-state index in [2.05, 4.69) is 15.6 Å². The van der Waals surface area contributed by atoms with Crippen molar-refractivity contribution in [2.45, 2.75) is 19.3 Å². The van der Waals surface area contributed by atoms with Gasteiger partial charge in [-0.25, -0.2) is 9.80 Å². The van der Waals surface area contributed by atoms with Crippen LogP contribution < -0.4 is 10.7 Å². The number of carboxylic acid groups (broad SMARTS) is 1. The molecule has 8 nitrogen and oxygen atoms in total. The first-order valence-corrected chi connectivity index (χ1v) is 6.23. The summed E-state index contributed by atoms with van der Waals surface area (Å²) in [6, 6.07) is -0.565. The number of rotatable bonds is 5. The largest absolute Gasteiger partial charge is 0.481 e. The molecule has 1 saturated heterocycles. The Morgan fingerprint density at radius 2 is 1.74 bits per heavy atom. The number of carboxylic acids is 1. The molecule has 0 aliphatic carbocycles. The van der Waals surface area contributed by atoms with E-state index in [-0.39, 0.29) is 19.3 Å². The molecule has 1 rings (SSSR count). The lowest BCUT2D eigenvalue weighted by Gasteiger charge is -2.32. The van der Waals surface area contributed by atoms with Crippen molar-refractivity contribution < 1.29 is 19.5 Å². The number of piperazine rings is 1. The number of likely N-dealkylation sites (N-methyl/N-ethyl adjacent to an activating group) is 1. The third-order valence-electron chi connectivity index (χ3n) is 2.81. The van der Waals surface area contributed by atoms with Gasteiger partial charge in [0.2, 0.25) is 5.91 Å². The fourth-order valence-corrected chi connectivity index (χ4v) is 1.68. The molecule has 0 aromatic rings. The molecule has 0 radical (unpaired) electrons. The van der Waals surface area contributed by atoms with E-state index in [1.165, 1.54) is 0 Å². The van der Waals surface area contributed by atoms with Gasteiger partial charge in [-0.2, -0.15) is 0 Å². The number of nitrogens with one attached hydrogen (secondary N) is 2. The summed E-state index contributed by atoms with van der Waals surface area (Å²) < 4.78 is 0. The van der Waals surface area contributed by atoms with Crippen LogP contribution in [0.3, 0.4) is 0 Å². The van der Waals surface area contributed by atoms with E-state index in [9.17, 15) is 14.4 Å². The number of hydrogen-bond donors (Lipinski definition) is 3. The highest BCUT2D eigenvalue weighted by Gasteiger charge is 2.16. The average molecular weight is 272 g/mol. The molecule has 0 unspecified atom stereocenters. The zero-order valence-electron chi connectivity index (χ0n) is 11.0. The van der Waals surface area contributed by atoms with E-state index in [1.54, 1.807) is 5.01 Å². The third kappa shape index (κ3) is 6.73. The molecule has 8 heteroatoms. The molecule has 0 spiro atoms. The molecule has 0 aromatic heterocycles. The molecule has 1 fully saturated rings. The normalized spacial score (nSPS) is 16.9. The summed E-state index contributed by atoms with van der Waals surface area (Å²) in [5.41, 5.74) is 2.59. The highest BCUT2D eigenvalue weighted by molar-refractivity contribution is 5.94. The maximum absolute atomic E-state index is 11.5. The number of hydrogen-bond acceptors (Lipinski definition) is 5. The molecule has 1 heterocycles. The van der Waals surface area contributed by atoms with E-state index in [0.29, 0.717) is 13.1 Å². The van der Waals surface area contributed by atoms with E-state index in [1.807, 2.05) is 7.05 Å². The van der Waals surface area contributed by atoms with Gasteiger partial charge in [-0.15, -0.1) is 0 Å². The molecular formula is C11H20N4O4. The van der Waals surface area contributed by atoms with Gasteiger partial charge < -0.3 is 10.0 Å². The Bertz CT molecular complexity index is 340. The van der Waals surface area contributed by atoms with Crippen molar-refractivity contribution in [3.05, 3.63) is 0 Å². The first kappa shape index (κ1) is 15.4. The smallest absolute Gasteiger partial charge is 0.335 e. The number of hydrazine groups is 1. The van der Waals surface area contributed by atoms with Crippen LogP contribution >= 0.6 is 0 Å². The van der Waals surface area contributed by atoms with Crippen LogP contribution in [0.25, 0.3) is 0 Å². The number of carbonyl (C=O) groups is 3. The monoisotopic (exact) mass is 272 g/mol. The van der Waals surface area contributed by atoms with E-state index in [4.69, 9.17) is 5.11 Å². The fraction of sp³-hybridized carbons (Fsp3) is 0.727. The minimum Gasteiger partial charge on any atom is -0.481 e. The van der Waals surface area contributed by atoms with Gasteiger partial charge in [0.1, 0.15) is 0 Å². The minimum atomic E-state index is -0.949. The molecule has 0 bridgehead atoms. The van der Waals surface area contributed by atoms with Crippen molar-refractivity contribution in [3.63, 3.8) is 0 Å². The molecule has 108 valence electrons. The van der Waals surface area contributed by atoms with Crippen LogP contribution in [0.1, 0.15) is 19.3 Å². The second-order valence-electron chi connectivity index (χ2n) is 4.53. The van der Waals surface area contributed by atoms with Crippen molar-refractivity contribution in [2.24, 2.45) is 0 Å². The molecular weight excluding hydrogens is 252 g/mol. The summed E-state index contributed by atoms with van der Waals surface area (Å²) in [6.07, 6.45) is 0.179. The number of imide groups is 1. The molecule has 3 N–H and O–H groups in total. The molecule has 0 atom stereocenters.